The van der Waals surface area contributed by atoms with Crippen LogP contribution < -0.4 is 0 Å². The van der Waals surface area contributed by atoms with Gasteiger partial charge in [-0.25, -0.2) is 0 Å². The van der Waals surface area contributed by atoms with Crippen molar-refractivity contribution in [1.82, 2.24) is 9.47 Å². The SMILES string of the molecule is CCn1cc(CCCN(C)C)c2ccccc21. The Bertz CT molecular complexity index is 483. The van der Waals surface area contributed by atoms with Crippen molar-refractivity contribution in [2.24, 2.45) is 0 Å². The second-order valence-corrected chi connectivity index (χ2v) is 4.86. The average molecular weight is 230 g/mol. The van der Waals surface area contributed by atoms with Crippen molar-refractivity contribution in [3.63, 3.8) is 0 Å². The summed E-state index contributed by atoms with van der Waals surface area (Å²) in [7, 11) is 4.27. The van der Waals surface area contributed by atoms with Gasteiger partial charge >= 0.3 is 0 Å². The molecule has 0 fully saturated rings. The Labute approximate surface area is 104 Å². The molecule has 0 aliphatic heterocycles. The predicted molar refractivity (Wildman–Crippen MR) is 74.5 cm³/mol. The highest BCUT2D eigenvalue weighted by Crippen LogP contribution is 2.22. The van der Waals surface area contributed by atoms with Gasteiger partial charge in [0.1, 0.15) is 0 Å². The van der Waals surface area contributed by atoms with Gasteiger partial charge in [-0.05, 0) is 52.0 Å². The molecule has 0 atom stereocenters. The number of aryl methyl sites for hydroxylation is 2. The normalized spacial score (nSPS) is 11.5. The van der Waals surface area contributed by atoms with Gasteiger partial charge in [0.25, 0.3) is 0 Å². The number of hydrogen-bond acceptors (Lipinski definition) is 1. The summed E-state index contributed by atoms with van der Waals surface area (Å²) in [6, 6.07) is 8.72. The Kier molecular flexibility index (Phi) is 3.85. The van der Waals surface area contributed by atoms with Crippen molar-refractivity contribution < 1.29 is 0 Å². The Morgan fingerprint density at radius 1 is 1.18 bits per heavy atom. The molecule has 0 saturated heterocycles. The maximum Gasteiger partial charge on any atom is 0.0483 e. The van der Waals surface area contributed by atoms with E-state index in [1.807, 2.05) is 0 Å². The van der Waals surface area contributed by atoms with Crippen molar-refractivity contribution in [3.05, 3.63) is 36.0 Å². The van der Waals surface area contributed by atoms with Crippen LogP contribution in [0.4, 0.5) is 0 Å². The van der Waals surface area contributed by atoms with Crippen molar-refractivity contribution in [2.75, 3.05) is 20.6 Å². The number of para-hydroxylation sites is 1. The summed E-state index contributed by atoms with van der Waals surface area (Å²) in [4.78, 5) is 2.25. The van der Waals surface area contributed by atoms with Crippen LogP contribution in [0.15, 0.2) is 30.5 Å². The van der Waals surface area contributed by atoms with E-state index < -0.39 is 0 Å². The second kappa shape index (κ2) is 5.37. The summed E-state index contributed by atoms with van der Waals surface area (Å²) in [6.45, 7) is 4.41. The van der Waals surface area contributed by atoms with Crippen LogP contribution in [0.25, 0.3) is 10.9 Å². The second-order valence-electron chi connectivity index (χ2n) is 4.86. The van der Waals surface area contributed by atoms with Gasteiger partial charge in [0, 0.05) is 23.6 Å². The Morgan fingerprint density at radius 3 is 2.65 bits per heavy atom. The van der Waals surface area contributed by atoms with Crippen molar-refractivity contribution in [1.29, 1.82) is 0 Å². The summed E-state index contributed by atoms with van der Waals surface area (Å²) in [6.07, 6.45) is 4.72. The summed E-state index contributed by atoms with van der Waals surface area (Å²) in [5.74, 6) is 0. The first-order valence-corrected chi connectivity index (χ1v) is 6.44. The molecule has 2 rings (SSSR count). The van der Waals surface area contributed by atoms with Gasteiger partial charge in [0.05, 0.1) is 0 Å². The lowest BCUT2D eigenvalue weighted by Gasteiger charge is -2.08. The number of nitrogens with zero attached hydrogens (tertiary/aromatic N) is 2. The monoisotopic (exact) mass is 230 g/mol. The minimum absolute atomic E-state index is 1.05. The van der Waals surface area contributed by atoms with E-state index in [1.165, 1.54) is 29.3 Å². The average Bonchev–Trinajstić information content (AvgIpc) is 2.68. The number of benzene rings is 1. The molecule has 92 valence electrons. The Hall–Kier alpha value is -1.28. The zero-order valence-electron chi connectivity index (χ0n) is 11.1. The van der Waals surface area contributed by atoms with E-state index in [9.17, 15) is 0 Å². The molecule has 2 aromatic rings. The fourth-order valence-electron chi connectivity index (χ4n) is 2.37. The third-order valence-corrected chi connectivity index (χ3v) is 3.26. The highest BCUT2D eigenvalue weighted by molar-refractivity contribution is 5.83. The lowest BCUT2D eigenvalue weighted by atomic mass is 10.1. The third-order valence-electron chi connectivity index (χ3n) is 3.26. The molecule has 2 nitrogen and oxygen atoms in total. The number of rotatable bonds is 5. The summed E-state index contributed by atoms with van der Waals surface area (Å²) < 4.78 is 2.35. The van der Waals surface area contributed by atoms with Crippen LogP contribution in [-0.4, -0.2) is 30.1 Å². The molecule has 0 aliphatic rings. The number of hydrogen-bond donors (Lipinski definition) is 0. The first-order valence-electron chi connectivity index (χ1n) is 6.44. The molecule has 0 radical (unpaired) electrons. The van der Waals surface area contributed by atoms with Gasteiger partial charge in [0.15, 0.2) is 0 Å². The molecule has 0 saturated carbocycles. The summed E-state index contributed by atoms with van der Waals surface area (Å²) in [5.41, 5.74) is 2.86. The fraction of sp³-hybridized carbons (Fsp3) is 0.467. The highest BCUT2D eigenvalue weighted by Gasteiger charge is 2.06. The van der Waals surface area contributed by atoms with Crippen molar-refractivity contribution in [2.45, 2.75) is 26.3 Å². The minimum Gasteiger partial charge on any atom is -0.347 e. The topological polar surface area (TPSA) is 8.17 Å². The molecule has 0 spiro atoms. The van der Waals surface area contributed by atoms with E-state index >= 15 is 0 Å². The van der Waals surface area contributed by atoms with Gasteiger partial charge in [0.2, 0.25) is 0 Å². The molecule has 1 aromatic heterocycles. The maximum absolute atomic E-state index is 2.35. The van der Waals surface area contributed by atoms with Gasteiger partial charge in [-0.3, -0.25) is 0 Å². The molecule has 0 unspecified atom stereocenters. The lowest BCUT2D eigenvalue weighted by molar-refractivity contribution is 0.400. The van der Waals surface area contributed by atoms with Gasteiger partial charge in [-0.1, -0.05) is 18.2 Å². The largest absolute Gasteiger partial charge is 0.347 e. The summed E-state index contributed by atoms with van der Waals surface area (Å²) in [5, 5.41) is 1.42. The van der Waals surface area contributed by atoms with E-state index in [4.69, 9.17) is 0 Å². The van der Waals surface area contributed by atoms with Crippen LogP contribution in [0, 0.1) is 0 Å². The number of fused-ring (bicyclic) bond motifs is 1. The smallest absolute Gasteiger partial charge is 0.0483 e. The third kappa shape index (κ3) is 2.70. The lowest BCUT2D eigenvalue weighted by Crippen LogP contribution is -2.13. The zero-order chi connectivity index (χ0) is 12.3. The molecule has 0 N–H and O–H groups in total. The van der Waals surface area contributed by atoms with Crippen LogP contribution in [-0.2, 0) is 13.0 Å². The molecule has 1 aromatic carbocycles. The Balaban J connectivity index is 2.22. The van der Waals surface area contributed by atoms with E-state index in [0.29, 0.717) is 0 Å². The van der Waals surface area contributed by atoms with E-state index in [-0.39, 0.29) is 0 Å². The van der Waals surface area contributed by atoms with Crippen LogP contribution in [0.3, 0.4) is 0 Å². The molecule has 17 heavy (non-hydrogen) atoms. The number of aromatic nitrogens is 1. The van der Waals surface area contributed by atoms with Crippen LogP contribution >= 0.6 is 0 Å². The summed E-state index contributed by atoms with van der Waals surface area (Å²) >= 11 is 0. The first kappa shape index (κ1) is 12.2. The van der Waals surface area contributed by atoms with E-state index in [1.54, 1.807) is 0 Å². The molecule has 0 aliphatic carbocycles. The molecular weight excluding hydrogens is 208 g/mol. The molecule has 0 amide bonds. The van der Waals surface area contributed by atoms with Crippen LogP contribution in [0.5, 0.6) is 0 Å². The minimum atomic E-state index is 1.05. The Morgan fingerprint density at radius 2 is 1.94 bits per heavy atom. The van der Waals surface area contributed by atoms with E-state index in [0.717, 1.165) is 13.1 Å². The van der Waals surface area contributed by atoms with Crippen LogP contribution in [0.1, 0.15) is 18.9 Å². The fourth-order valence-corrected chi connectivity index (χ4v) is 2.37. The van der Waals surface area contributed by atoms with Crippen LogP contribution in [0.2, 0.25) is 0 Å². The van der Waals surface area contributed by atoms with Crippen molar-refractivity contribution >= 4 is 10.9 Å². The molecule has 2 heteroatoms. The molecule has 1 heterocycles. The molecular formula is C15H22N2. The predicted octanol–water partition coefficient (Wildman–Crippen LogP) is 3.16. The van der Waals surface area contributed by atoms with Crippen molar-refractivity contribution in [3.8, 4) is 0 Å². The standard InChI is InChI=1S/C15H22N2/c1-4-17-12-13(8-7-11-16(2)3)14-9-5-6-10-15(14)17/h5-6,9-10,12H,4,7-8,11H2,1-3H3. The maximum atomic E-state index is 2.35. The molecule has 0 bridgehead atoms. The first-order chi connectivity index (χ1) is 8.22. The van der Waals surface area contributed by atoms with E-state index in [2.05, 4.69) is 60.9 Å². The quantitative estimate of drug-likeness (QED) is 0.766. The van der Waals surface area contributed by atoms with Gasteiger partial charge in [-0.15, -0.1) is 0 Å². The van der Waals surface area contributed by atoms with Gasteiger partial charge in [-0.2, -0.15) is 0 Å². The highest BCUT2D eigenvalue weighted by atomic mass is 15.0. The zero-order valence-corrected chi connectivity index (χ0v) is 11.1. The van der Waals surface area contributed by atoms with Gasteiger partial charge < -0.3 is 9.47 Å².